The molecule has 0 atom stereocenters. The second-order valence-corrected chi connectivity index (χ2v) is 9.98. The molecule has 0 unspecified atom stereocenters. The molecule has 0 spiro atoms. The number of nitro benzene ring substituents is 1. The van der Waals surface area contributed by atoms with Crippen LogP contribution in [0.4, 0.5) is 10.5 Å². The van der Waals surface area contributed by atoms with Crippen LogP contribution in [0.2, 0.25) is 0 Å². The predicted molar refractivity (Wildman–Crippen MR) is 123 cm³/mol. The zero-order valence-electron chi connectivity index (χ0n) is 18.6. The summed E-state index contributed by atoms with van der Waals surface area (Å²) in [7, 11) is -3.61. The van der Waals surface area contributed by atoms with Crippen LogP contribution in [0.1, 0.15) is 27.1 Å². The molecule has 2 aromatic rings. The average molecular weight is 502 g/mol. The Morgan fingerprint density at radius 2 is 1.63 bits per heavy atom. The molecule has 12 nitrogen and oxygen atoms in total. The minimum Gasteiger partial charge on any atom is -0.338 e. The number of piperazine rings is 1. The van der Waals surface area contributed by atoms with E-state index >= 15 is 0 Å². The molecule has 1 saturated heterocycles. The number of sulfonamides is 1. The fourth-order valence-electron chi connectivity index (χ4n) is 4.01. The molecule has 0 radical (unpaired) electrons. The van der Waals surface area contributed by atoms with Crippen LogP contribution in [0.3, 0.4) is 0 Å². The summed E-state index contributed by atoms with van der Waals surface area (Å²) in [5.41, 5.74) is -0.153. The molecule has 2 aliphatic heterocycles. The van der Waals surface area contributed by atoms with Gasteiger partial charge in [0.1, 0.15) is 0 Å². The third-order valence-electron chi connectivity index (χ3n) is 5.91. The van der Waals surface area contributed by atoms with Gasteiger partial charge >= 0.3 is 6.03 Å². The molecule has 1 N–H and O–H groups in total. The Labute approximate surface area is 201 Å². The van der Waals surface area contributed by atoms with Gasteiger partial charge in [0.15, 0.2) is 0 Å². The van der Waals surface area contributed by atoms with Gasteiger partial charge in [0.2, 0.25) is 10.0 Å². The fourth-order valence-corrected chi connectivity index (χ4v) is 5.46. The highest BCUT2D eigenvalue weighted by molar-refractivity contribution is 7.89. The number of fused-ring (bicyclic) bond motifs is 1. The normalized spacial score (nSPS) is 16.3. The summed E-state index contributed by atoms with van der Waals surface area (Å²) in [5.74, 6) is -1.13. The van der Waals surface area contributed by atoms with Gasteiger partial charge in [-0.2, -0.15) is 4.31 Å². The quantitative estimate of drug-likeness (QED) is 0.260. The number of hydrogen-bond acceptors (Lipinski definition) is 7. The number of carbonyl (C=O) groups is 3. The Hall–Kier alpha value is -3.84. The van der Waals surface area contributed by atoms with Gasteiger partial charge in [-0.3, -0.25) is 24.6 Å². The lowest BCUT2D eigenvalue weighted by Crippen LogP contribution is -2.53. The molecular formula is C22H23N5O7S. The second kappa shape index (κ2) is 9.80. The fraction of sp³-hybridized carbons (Fsp3) is 0.318. The highest BCUT2D eigenvalue weighted by Crippen LogP contribution is 2.26. The summed E-state index contributed by atoms with van der Waals surface area (Å²) in [6, 6.07) is 11.3. The van der Waals surface area contributed by atoms with Crippen molar-refractivity contribution in [2.24, 2.45) is 0 Å². The Morgan fingerprint density at radius 3 is 2.29 bits per heavy atom. The van der Waals surface area contributed by atoms with E-state index in [1.165, 1.54) is 33.5 Å². The van der Waals surface area contributed by atoms with Gasteiger partial charge in [-0.05, 0) is 24.6 Å². The van der Waals surface area contributed by atoms with Gasteiger partial charge in [0, 0.05) is 51.4 Å². The van der Waals surface area contributed by atoms with Crippen molar-refractivity contribution < 1.29 is 27.7 Å². The number of non-ortho nitro benzene ring substituents is 1. The number of amides is 4. The first-order valence-electron chi connectivity index (χ1n) is 10.9. The number of nitrogens with zero attached hydrogens (tertiary/aromatic N) is 4. The van der Waals surface area contributed by atoms with Crippen LogP contribution >= 0.6 is 0 Å². The third kappa shape index (κ3) is 4.86. The number of rotatable bonds is 7. The highest BCUT2D eigenvalue weighted by atomic mass is 32.2. The van der Waals surface area contributed by atoms with Crippen molar-refractivity contribution in [1.82, 2.24) is 19.4 Å². The van der Waals surface area contributed by atoms with E-state index in [1.54, 1.807) is 18.2 Å². The molecule has 2 heterocycles. The molecule has 2 aliphatic rings. The van der Waals surface area contributed by atoms with Gasteiger partial charge in [0.05, 0.1) is 20.9 Å². The molecular weight excluding hydrogens is 478 g/mol. The van der Waals surface area contributed by atoms with Crippen LogP contribution in [-0.2, 0) is 10.0 Å². The molecule has 184 valence electrons. The van der Waals surface area contributed by atoms with Gasteiger partial charge in [-0.1, -0.05) is 18.2 Å². The monoisotopic (exact) mass is 501 g/mol. The third-order valence-corrected chi connectivity index (χ3v) is 7.82. The number of urea groups is 1. The van der Waals surface area contributed by atoms with Gasteiger partial charge in [-0.15, -0.1) is 0 Å². The molecule has 1 fully saturated rings. The molecule has 4 rings (SSSR count). The number of nitrogens with one attached hydrogen (secondary N) is 1. The standard InChI is InChI=1S/C22H23N5O7S/c28-20-18-8-7-16(27(31)32)15-19(18)21(29)26(20)10-4-9-23-22(30)24-11-13-25(14-12-24)35(33,34)17-5-2-1-3-6-17/h1-3,5-8,15H,4,9-14H2,(H,23,30). The maximum absolute atomic E-state index is 12.7. The average Bonchev–Trinajstić information content (AvgIpc) is 3.11. The van der Waals surface area contributed by atoms with Crippen LogP contribution in [0.5, 0.6) is 0 Å². The van der Waals surface area contributed by atoms with E-state index in [9.17, 15) is 32.9 Å². The lowest BCUT2D eigenvalue weighted by atomic mass is 10.1. The maximum Gasteiger partial charge on any atom is 0.317 e. The van der Waals surface area contributed by atoms with Crippen molar-refractivity contribution in [2.45, 2.75) is 11.3 Å². The van der Waals surface area contributed by atoms with Gasteiger partial charge in [-0.25, -0.2) is 13.2 Å². The van der Waals surface area contributed by atoms with E-state index in [1.807, 2.05) is 0 Å². The van der Waals surface area contributed by atoms with E-state index < -0.39 is 26.8 Å². The van der Waals surface area contributed by atoms with Gasteiger partial charge < -0.3 is 10.2 Å². The first kappa shape index (κ1) is 24.3. The van der Waals surface area contributed by atoms with Crippen LogP contribution in [0, 0.1) is 10.1 Å². The minimum absolute atomic E-state index is 0.00318. The lowest BCUT2D eigenvalue weighted by Gasteiger charge is -2.34. The molecule has 4 amide bonds. The van der Waals surface area contributed by atoms with Crippen molar-refractivity contribution in [3.05, 3.63) is 69.8 Å². The Kier molecular flexibility index (Phi) is 6.80. The van der Waals surface area contributed by atoms with E-state index in [2.05, 4.69) is 5.32 Å². The Bertz CT molecular complexity index is 1270. The van der Waals surface area contributed by atoms with Crippen molar-refractivity contribution in [3.8, 4) is 0 Å². The number of carbonyl (C=O) groups excluding carboxylic acids is 3. The van der Waals surface area contributed by atoms with E-state index in [4.69, 9.17) is 0 Å². The maximum atomic E-state index is 12.7. The lowest BCUT2D eigenvalue weighted by molar-refractivity contribution is -0.384. The Balaban J connectivity index is 1.24. The molecule has 13 heteroatoms. The summed E-state index contributed by atoms with van der Waals surface area (Å²) in [6.45, 7) is 1.04. The van der Waals surface area contributed by atoms with Crippen LogP contribution < -0.4 is 5.32 Å². The molecule has 0 aromatic heterocycles. The summed E-state index contributed by atoms with van der Waals surface area (Å²) >= 11 is 0. The van der Waals surface area contributed by atoms with Crippen LogP contribution in [0.15, 0.2) is 53.4 Å². The molecule has 2 aromatic carbocycles. The summed E-state index contributed by atoms with van der Waals surface area (Å²) in [6.07, 6.45) is 0.293. The van der Waals surface area contributed by atoms with Crippen molar-refractivity contribution in [1.29, 1.82) is 0 Å². The first-order chi connectivity index (χ1) is 16.7. The number of nitro groups is 1. The zero-order valence-corrected chi connectivity index (χ0v) is 19.4. The topological polar surface area (TPSA) is 150 Å². The smallest absolute Gasteiger partial charge is 0.317 e. The predicted octanol–water partition coefficient (Wildman–Crippen LogP) is 1.30. The molecule has 35 heavy (non-hydrogen) atoms. The van der Waals surface area contributed by atoms with E-state index in [0.29, 0.717) is 6.42 Å². The van der Waals surface area contributed by atoms with Crippen molar-refractivity contribution >= 4 is 33.6 Å². The van der Waals surface area contributed by atoms with Crippen LogP contribution in [0.25, 0.3) is 0 Å². The first-order valence-corrected chi connectivity index (χ1v) is 12.4. The van der Waals surface area contributed by atoms with Crippen molar-refractivity contribution in [3.63, 3.8) is 0 Å². The van der Waals surface area contributed by atoms with E-state index in [-0.39, 0.29) is 67.0 Å². The van der Waals surface area contributed by atoms with Gasteiger partial charge in [0.25, 0.3) is 17.5 Å². The van der Waals surface area contributed by atoms with Crippen molar-refractivity contribution in [2.75, 3.05) is 39.3 Å². The number of hydrogen-bond donors (Lipinski definition) is 1. The van der Waals surface area contributed by atoms with E-state index in [0.717, 1.165) is 11.0 Å². The largest absolute Gasteiger partial charge is 0.338 e. The molecule has 0 bridgehead atoms. The molecule has 0 aliphatic carbocycles. The summed E-state index contributed by atoms with van der Waals surface area (Å²) < 4.78 is 26.7. The molecule has 0 saturated carbocycles. The Morgan fingerprint density at radius 1 is 0.971 bits per heavy atom. The minimum atomic E-state index is -3.61. The SMILES string of the molecule is O=C(NCCCN1C(=O)c2ccc([N+](=O)[O-])cc2C1=O)N1CCN(S(=O)(=O)c2ccccc2)CC1. The number of benzene rings is 2. The summed E-state index contributed by atoms with van der Waals surface area (Å²) in [5, 5.41) is 13.6. The highest BCUT2D eigenvalue weighted by Gasteiger charge is 2.36. The number of imide groups is 1. The zero-order chi connectivity index (χ0) is 25.2. The second-order valence-electron chi connectivity index (χ2n) is 8.04. The summed E-state index contributed by atoms with van der Waals surface area (Å²) in [4.78, 5) is 50.5. The van der Waals surface area contributed by atoms with Crippen LogP contribution in [-0.4, -0.2) is 84.6 Å².